The van der Waals surface area contributed by atoms with Crippen LogP contribution in [0.1, 0.15) is 26.2 Å². The van der Waals surface area contributed by atoms with Gasteiger partial charge in [-0.15, -0.1) is 0 Å². The van der Waals surface area contributed by atoms with Gasteiger partial charge in [0.2, 0.25) is 5.91 Å². The molecule has 18 heavy (non-hydrogen) atoms. The fraction of sp³-hybridized carbons (Fsp3) is 0.923. The van der Waals surface area contributed by atoms with Gasteiger partial charge in [0.25, 0.3) is 0 Å². The van der Waals surface area contributed by atoms with Gasteiger partial charge in [-0.1, -0.05) is 6.92 Å². The minimum absolute atomic E-state index is 0.0205. The lowest BCUT2D eigenvalue weighted by Crippen LogP contribution is -2.45. The highest BCUT2D eigenvalue weighted by Gasteiger charge is 2.35. The third-order valence-corrected chi connectivity index (χ3v) is 5.15. The van der Waals surface area contributed by atoms with Gasteiger partial charge in [-0.25, -0.2) is 0 Å². The Morgan fingerprint density at radius 3 is 2.94 bits per heavy atom. The largest absolute Gasteiger partial charge is 0.379 e. The van der Waals surface area contributed by atoms with Gasteiger partial charge in [0, 0.05) is 17.3 Å². The second kappa shape index (κ2) is 6.78. The third-order valence-electron chi connectivity index (χ3n) is 3.92. The molecular weight excluding hydrogens is 248 g/mol. The van der Waals surface area contributed by atoms with Crippen LogP contribution in [-0.2, 0) is 9.53 Å². The minimum Gasteiger partial charge on any atom is -0.379 e. The molecule has 104 valence electrons. The Morgan fingerprint density at radius 2 is 2.22 bits per heavy atom. The van der Waals surface area contributed by atoms with Gasteiger partial charge in [0.1, 0.15) is 0 Å². The standard InChI is InChI=1S/C13H24N2O2S/c1-3-18-10-5-4-9(6-10)15-13(16)11-7-17-8-12(11)14-2/h9-12,14H,3-8H2,1-2H3,(H,15,16). The van der Waals surface area contributed by atoms with Crippen LogP contribution in [0, 0.1) is 5.92 Å². The summed E-state index contributed by atoms with van der Waals surface area (Å²) in [4.78, 5) is 12.2. The van der Waals surface area contributed by atoms with Crippen LogP contribution in [-0.4, -0.2) is 49.3 Å². The monoisotopic (exact) mass is 272 g/mol. The van der Waals surface area contributed by atoms with Crippen molar-refractivity contribution in [2.24, 2.45) is 5.92 Å². The Morgan fingerprint density at radius 1 is 1.39 bits per heavy atom. The zero-order valence-electron chi connectivity index (χ0n) is 11.3. The van der Waals surface area contributed by atoms with E-state index >= 15 is 0 Å². The molecular formula is C13H24N2O2S. The van der Waals surface area contributed by atoms with E-state index in [9.17, 15) is 4.79 Å². The quantitative estimate of drug-likeness (QED) is 0.784. The average molecular weight is 272 g/mol. The van der Waals surface area contributed by atoms with Crippen LogP contribution in [0.4, 0.5) is 0 Å². The van der Waals surface area contributed by atoms with E-state index in [1.54, 1.807) is 0 Å². The van der Waals surface area contributed by atoms with Crippen LogP contribution in [0.3, 0.4) is 0 Å². The van der Waals surface area contributed by atoms with Crippen molar-refractivity contribution in [3.05, 3.63) is 0 Å². The molecule has 0 radical (unpaired) electrons. The second-order valence-electron chi connectivity index (χ2n) is 5.14. The van der Waals surface area contributed by atoms with Crippen molar-refractivity contribution >= 4 is 17.7 Å². The van der Waals surface area contributed by atoms with Crippen LogP contribution in [0.5, 0.6) is 0 Å². The van der Waals surface area contributed by atoms with Crippen molar-refractivity contribution in [3.8, 4) is 0 Å². The lowest BCUT2D eigenvalue weighted by Gasteiger charge is -2.19. The van der Waals surface area contributed by atoms with Gasteiger partial charge in [-0.05, 0) is 32.1 Å². The van der Waals surface area contributed by atoms with Crippen LogP contribution in [0.2, 0.25) is 0 Å². The molecule has 1 saturated carbocycles. The van der Waals surface area contributed by atoms with Crippen LogP contribution >= 0.6 is 11.8 Å². The number of carbonyl (C=O) groups excluding carboxylic acids is 1. The predicted octanol–water partition coefficient (Wildman–Crippen LogP) is 1.01. The Kier molecular flexibility index (Phi) is 5.33. The Labute approximate surface area is 114 Å². The van der Waals surface area contributed by atoms with Crippen molar-refractivity contribution in [1.29, 1.82) is 0 Å². The topological polar surface area (TPSA) is 50.4 Å². The predicted molar refractivity (Wildman–Crippen MR) is 74.9 cm³/mol. The lowest BCUT2D eigenvalue weighted by atomic mass is 10.0. The molecule has 0 bridgehead atoms. The van der Waals surface area contributed by atoms with E-state index in [2.05, 4.69) is 17.6 Å². The number of nitrogens with one attached hydrogen (secondary N) is 2. The molecule has 1 saturated heterocycles. The number of rotatable bonds is 5. The van der Waals surface area contributed by atoms with E-state index in [1.165, 1.54) is 12.2 Å². The van der Waals surface area contributed by atoms with E-state index in [1.807, 2.05) is 18.8 Å². The van der Waals surface area contributed by atoms with E-state index < -0.39 is 0 Å². The number of amides is 1. The molecule has 4 atom stereocenters. The van der Waals surface area contributed by atoms with Gasteiger partial charge >= 0.3 is 0 Å². The number of hydrogen-bond acceptors (Lipinski definition) is 4. The number of hydrogen-bond donors (Lipinski definition) is 2. The van der Waals surface area contributed by atoms with E-state index in [0.29, 0.717) is 19.3 Å². The van der Waals surface area contributed by atoms with Gasteiger partial charge in [0.05, 0.1) is 19.1 Å². The van der Waals surface area contributed by atoms with Crippen molar-refractivity contribution in [2.75, 3.05) is 26.0 Å². The number of likely N-dealkylation sites (N-methyl/N-ethyl adjacent to an activating group) is 1. The van der Waals surface area contributed by atoms with E-state index in [4.69, 9.17) is 4.74 Å². The molecule has 2 fully saturated rings. The van der Waals surface area contributed by atoms with E-state index in [0.717, 1.165) is 18.1 Å². The lowest BCUT2D eigenvalue weighted by molar-refractivity contribution is -0.126. The highest BCUT2D eigenvalue weighted by molar-refractivity contribution is 7.99. The fourth-order valence-electron chi connectivity index (χ4n) is 2.86. The maximum absolute atomic E-state index is 12.2. The third kappa shape index (κ3) is 3.39. The molecule has 0 spiro atoms. The number of ether oxygens (including phenoxy) is 1. The summed E-state index contributed by atoms with van der Waals surface area (Å²) < 4.78 is 5.38. The fourth-order valence-corrected chi connectivity index (χ4v) is 4.01. The van der Waals surface area contributed by atoms with Gasteiger partial charge in [0.15, 0.2) is 0 Å². The first-order valence-electron chi connectivity index (χ1n) is 6.91. The summed E-state index contributed by atoms with van der Waals surface area (Å²) in [6.45, 7) is 3.40. The summed E-state index contributed by atoms with van der Waals surface area (Å²) in [5.41, 5.74) is 0. The minimum atomic E-state index is -0.0205. The molecule has 4 unspecified atom stereocenters. The average Bonchev–Trinajstić information content (AvgIpc) is 2.98. The first kappa shape index (κ1) is 14.2. The first-order valence-corrected chi connectivity index (χ1v) is 7.96. The highest BCUT2D eigenvalue weighted by atomic mass is 32.2. The van der Waals surface area contributed by atoms with Crippen LogP contribution < -0.4 is 10.6 Å². The van der Waals surface area contributed by atoms with Crippen molar-refractivity contribution in [1.82, 2.24) is 10.6 Å². The zero-order chi connectivity index (χ0) is 13.0. The molecule has 1 heterocycles. The van der Waals surface area contributed by atoms with Crippen molar-refractivity contribution in [2.45, 2.75) is 43.5 Å². The summed E-state index contributed by atoms with van der Waals surface area (Å²) in [6, 6.07) is 0.548. The van der Waals surface area contributed by atoms with Gasteiger partial charge in [-0.3, -0.25) is 4.79 Å². The molecule has 2 N–H and O–H groups in total. The van der Waals surface area contributed by atoms with Gasteiger partial charge in [-0.2, -0.15) is 11.8 Å². The smallest absolute Gasteiger partial charge is 0.227 e. The van der Waals surface area contributed by atoms with Gasteiger partial charge < -0.3 is 15.4 Å². The normalized spacial score (nSPS) is 35.9. The SMILES string of the molecule is CCSC1CCC(NC(=O)C2COCC2NC)C1. The molecule has 0 aromatic heterocycles. The molecule has 4 nitrogen and oxygen atoms in total. The molecule has 2 rings (SSSR count). The summed E-state index contributed by atoms with van der Waals surface area (Å²) in [5.74, 6) is 1.32. The number of carbonyl (C=O) groups is 1. The first-order chi connectivity index (χ1) is 8.74. The molecule has 0 aromatic rings. The molecule has 0 aromatic carbocycles. The van der Waals surface area contributed by atoms with Crippen molar-refractivity contribution < 1.29 is 9.53 Å². The van der Waals surface area contributed by atoms with E-state index in [-0.39, 0.29) is 17.9 Å². The maximum atomic E-state index is 12.2. The number of thioether (sulfide) groups is 1. The Hall–Kier alpha value is -0.260. The Bertz CT molecular complexity index is 288. The molecule has 2 aliphatic rings. The van der Waals surface area contributed by atoms with Crippen molar-refractivity contribution in [3.63, 3.8) is 0 Å². The summed E-state index contributed by atoms with van der Waals surface area (Å²) >= 11 is 2.02. The molecule has 5 heteroatoms. The van der Waals surface area contributed by atoms with Crippen LogP contribution in [0.15, 0.2) is 0 Å². The molecule has 1 amide bonds. The second-order valence-corrected chi connectivity index (χ2v) is 6.71. The summed E-state index contributed by atoms with van der Waals surface area (Å²) in [7, 11) is 1.89. The summed E-state index contributed by atoms with van der Waals surface area (Å²) in [5, 5.41) is 7.10. The highest BCUT2D eigenvalue weighted by Crippen LogP contribution is 2.30. The Balaban J connectivity index is 1.78. The summed E-state index contributed by atoms with van der Waals surface area (Å²) in [6.07, 6.45) is 3.49. The molecule has 1 aliphatic carbocycles. The maximum Gasteiger partial charge on any atom is 0.227 e. The zero-order valence-corrected chi connectivity index (χ0v) is 12.1. The molecule has 1 aliphatic heterocycles. The van der Waals surface area contributed by atoms with Crippen LogP contribution in [0.25, 0.3) is 0 Å².